The summed E-state index contributed by atoms with van der Waals surface area (Å²) in [5.74, 6) is 1.08. The third-order valence-electron chi connectivity index (χ3n) is 3.86. The number of nitrogens with zero attached hydrogens (tertiary/aromatic N) is 1. The topological polar surface area (TPSA) is 41.6 Å². The van der Waals surface area contributed by atoms with Crippen molar-refractivity contribution in [3.63, 3.8) is 0 Å². The molecule has 0 radical (unpaired) electrons. The number of likely N-dealkylation sites (N-methyl/N-ethyl adjacent to an activating group) is 1. The Kier molecular flexibility index (Phi) is 5.25. The zero-order chi connectivity index (χ0) is 16.9. The molecule has 3 rings (SSSR count). The summed E-state index contributed by atoms with van der Waals surface area (Å²) in [6, 6.07) is 14.4. The Labute approximate surface area is 145 Å². The normalized spacial score (nSPS) is 16.2. The number of anilines is 1. The lowest BCUT2D eigenvalue weighted by Gasteiger charge is -2.35. The predicted octanol–water partition coefficient (Wildman–Crippen LogP) is 2.93. The minimum Gasteiger partial charge on any atom is -0.477 e. The lowest BCUT2D eigenvalue weighted by molar-refractivity contribution is -0.127. The van der Waals surface area contributed by atoms with Crippen LogP contribution in [0.1, 0.15) is 0 Å². The fourth-order valence-electron chi connectivity index (χ4n) is 2.64. The Bertz CT molecular complexity index is 726. The second kappa shape index (κ2) is 7.57. The molecule has 4 nitrogen and oxygen atoms in total. The van der Waals surface area contributed by atoms with Crippen molar-refractivity contribution in [1.82, 2.24) is 5.32 Å². The van der Waals surface area contributed by atoms with E-state index >= 15 is 0 Å². The molecule has 0 unspecified atom stereocenters. The molecule has 2 aromatic rings. The number of rotatable bonds is 5. The van der Waals surface area contributed by atoms with E-state index in [1.807, 2.05) is 30.3 Å². The number of hydrogen-bond acceptors (Lipinski definition) is 4. The highest BCUT2D eigenvalue weighted by atomic mass is 32.2. The van der Waals surface area contributed by atoms with Crippen LogP contribution in [0.5, 0.6) is 5.75 Å². The lowest BCUT2D eigenvalue weighted by atomic mass is 10.2. The molecule has 0 saturated heterocycles. The highest BCUT2D eigenvalue weighted by molar-refractivity contribution is 7.99. The predicted molar refractivity (Wildman–Crippen MR) is 94.3 cm³/mol. The van der Waals surface area contributed by atoms with Gasteiger partial charge in [0.05, 0.1) is 12.2 Å². The molecule has 0 aromatic heterocycles. The van der Waals surface area contributed by atoms with Crippen LogP contribution in [0.2, 0.25) is 0 Å². The van der Waals surface area contributed by atoms with Crippen LogP contribution in [0.4, 0.5) is 10.1 Å². The summed E-state index contributed by atoms with van der Waals surface area (Å²) in [5.41, 5.74) is 0.965. The molecule has 24 heavy (non-hydrogen) atoms. The van der Waals surface area contributed by atoms with Crippen molar-refractivity contribution in [3.8, 4) is 5.75 Å². The summed E-state index contributed by atoms with van der Waals surface area (Å²) in [5, 5.41) is 2.63. The molecule has 0 bridgehead atoms. The van der Waals surface area contributed by atoms with Gasteiger partial charge in [-0.2, -0.15) is 0 Å². The molecule has 1 N–H and O–H groups in total. The number of para-hydroxylation sites is 2. The van der Waals surface area contributed by atoms with Gasteiger partial charge in [0.1, 0.15) is 11.6 Å². The molecule has 6 heteroatoms. The van der Waals surface area contributed by atoms with Crippen LogP contribution in [0.3, 0.4) is 0 Å². The molecular formula is C18H19FN2O2S. The number of hydrogen-bond donors (Lipinski definition) is 1. The minimum atomic E-state index is -0.539. The van der Waals surface area contributed by atoms with Crippen LogP contribution in [-0.4, -0.2) is 37.9 Å². The second-order valence-corrected chi connectivity index (χ2v) is 6.55. The maximum Gasteiger partial charge on any atom is 0.262 e. The van der Waals surface area contributed by atoms with Crippen LogP contribution in [0.25, 0.3) is 0 Å². The minimum absolute atomic E-state index is 0.142. The van der Waals surface area contributed by atoms with E-state index in [0.29, 0.717) is 23.7 Å². The summed E-state index contributed by atoms with van der Waals surface area (Å²) < 4.78 is 19.5. The maximum atomic E-state index is 13.7. The van der Waals surface area contributed by atoms with Gasteiger partial charge in [-0.25, -0.2) is 4.39 Å². The number of ether oxygens (including phenoxy) is 1. The highest BCUT2D eigenvalue weighted by Crippen LogP contribution is 2.33. The summed E-state index contributed by atoms with van der Waals surface area (Å²) in [4.78, 5) is 14.7. The zero-order valence-corrected chi connectivity index (χ0v) is 14.2. The van der Waals surface area contributed by atoms with Crippen molar-refractivity contribution >= 4 is 23.4 Å². The fourth-order valence-corrected chi connectivity index (χ4v) is 3.56. The van der Waals surface area contributed by atoms with Crippen molar-refractivity contribution in [2.75, 3.05) is 30.8 Å². The number of nitrogens with one attached hydrogen (secondary N) is 1. The number of carbonyl (C=O) groups excluding carboxylic acids is 1. The number of amides is 1. The SMILES string of the molecule is CNC(=O)[C@@H]1CN(CCSc2ccccc2F)c2ccccc2O1. The van der Waals surface area contributed by atoms with E-state index in [1.165, 1.54) is 17.8 Å². The molecule has 0 saturated carbocycles. The second-order valence-electron chi connectivity index (χ2n) is 5.41. The van der Waals surface area contributed by atoms with Gasteiger partial charge in [0.25, 0.3) is 5.91 Å². The van der Waals surface area contributed by atoms with Crippen molar-refractivity contribution in [2.45, 2.75) is 11.0 Å². The quantitative estimate of drug-likeness (QED) is 0.846. The van der Waals surface area contributed by atoms with Crippen molar-refractivity contribution < 1.29 is 13.9 Å². The third kappa shape index (κ3) is 3.64. The Morgan fingerprint density at radius 3 is 2.83 bits per heavy atom. The van der Waals surface area contributed by atoms with Gasteiger partial charge in [0, 0.05) is 24.2 Å². The lowest BCUT2D eigenvalue weighted by Crippen LogP contribution is -2.48. The average Bonchev–Trinajstić information content (AvgIpc) is 2.62. The van der Waals surface area contributed by atoms with Gasteiger partial charge in [-0.1, -0.05) is 24.3 Å². The van der Waals surface area contributed by atoms with Crippen LogP contribution < -0.4 is 15.0 Å². The maximum absolute atomic E-state index is 13.7. The Balaban J connectivity index is 1.69. The van der Waals surface area contributed by atoms with Crippen LogP contribution in [0, 0.1) is 5.82 Å². The first-order chi connectivity index (χ1) is 11.7. The number of carbonyl (C=O) groups is 1. The van der Waals surface area contributed by atoms with Crippen molar-refractivity contribution in [3.05, 3.63) is 54.3 Å². The highest BCUT2D eigenvalue weighted by Gasteiger charge is 2.29. The number of benzene rings is 2. The van der Waals surface area contributed by atoms with E-state index in [1.54, 1.807) is 19.2 Å². The van der Waals surface area contributed by atoms with Crippen LogP contribution in [0.15, 0.2) is 53.4 Å². The summed E-state index contributed by atoms with van der Waals surface area (Å²) >= 11 is 1.47. The van der Waals surface area contributed by atoms with Crippen molar-refractivity contribution in [2.24, 2.45) is 0 Å². The van der Waals surface area contributed by atoms with Crippen molar-refractivity contribution in [1.29, 1.82) is 0 Å². The van der Waals surface area contributed by atoms with Gasteiger partial charge >= 0.3 is 0 Å². The largest absolute Gasteiger partial charge is 0.477 e. The van der Waals surface area contributed by atoms with Gasteiger partial charge in [-0.3, -0.25) is 4.79 Å². The number of halogens is 1. The molecule has 0 aliphatic carbocycles. The first kappa shape index (κ1) is 16.6. The van der Waals surface area contributed by atoms with E-state index in [4.69, 9.17) is 4.74 Å². The van der Waals surface area contributed by atoms with Crippen LogP contribution >= 0.6 is 11.8 Å². The fraction of sp³-hybridized carbons (Fsp3) is 0.278. The molecule has 126 valence electrons. The summed E-state index contributed by atoms with van der Waals surface area (Å²) in [7, 11) is 1.60. The molecule has 2 aromatic carbocycles. The average molecular weight is 346 g/mol. The van der Waals surface area contributed by atoms with E-state index in [9.17, 15) is 9.18 Å². The first-order valence-corrected chi connectivity index (χ1v) is 8.77. The van der Waals surface area contributed by atoms with E-state index in [2.05, 4.69) is 10.2 Å². The molecular weight excluding hydrogens is 327 g/mol. The number of thioether (sulfide) groups is 1. The number of fused-ring (bicyclic) bond motifs is 1. The summed E-state index contributed by atoms with van der Waals surface area (Å²) in [6.45, 7) is 1.18. The van der Waals surface area contributed by atoms with E-state index < -0.39 is 6.10 Å². The molecule has 1 atom stereocenters. The smallest absolute Gasteiger partial charge is 0.262 e. The molecule has 0 fully saturated rings. The molecule has 1 aliphatic rings. The van der Waals surface area contributed by atoms with E-state index in [0.717, 1.165) is 11.4 Å². The van der Waals surface area contributed by atoms with E-state index in [-0.39, 0.29) is 11.7 Å². The zero-order valence-electron chi connectivity index (χ0n) is 13.4. The van der Waals surface area contributed by atoms with Gasteiger partial charge in [0.15, 0.2) is 6.10 Å². The van der Waals surface area contributed by atoms with Gasteiger partial charge < -0.3 is 15.0 Å². The Morgan fingerprint density at radius 2 is 2.04 bits per heavy atom. The van der Waals surface area contributed by atoms with Gasteiger partial charge in [0.2, 0.25) is 0 Å². The monoisotopic (exact) mass is 346 g/mol. The Morgan fingerprint density at radius 1 is 1.29 bits per heavy atom. The third-order valence-corrected chi connectivity index (χ3v) is 4.88. The Hall–Kier alpha value is -2.21. The first-order valence-electron chi connectivity index (χ1n) is 7.78. The molecule has 1 heterocycles. The standard InChI is InChI=1S/C18H19FN2O2S/c1-20-18(22)16-12-21(14-7-3-4-8-15(14)23-16)10-11-24-17-9-5-2-6-13(17)19/h2-9,16H,10-12H2,1H3,(H,20,22)/t16-/m0/s1. The summed E-state index contributed by atoms with van der Waals surface area (Å²) in [6.07, 6.45) is -0.539. The van der Waals surface area contributed by atoms with Gasteiger partial charge in [-0.05, 0) is 24.3 Å². The van der Waals surface area contributed by atoms with Gasteiger partial charge in [-0.15, -0.1) is 11.8 Å². The molecule has 1 amide bonds. The molecule has 0 spiro atoms. The molecule has 1 aliphatic heterocycles. The van der Waals surface area contributed by atoms with Crippen LogP contribution in [-0.2, 0) is 4.79 Å².